The van der Waals surface area contributed by atoms with Crippen LogP contribution >= 0.6 is 0 Å². The molecule has 12 nitrogen and oxygen atoms in total. The molecule has 0 atom stereocenters. The van der Waals surface area contributed by atoms with Crippen molar-refractivity contribution in [3.63, 3.8) is 0 Å². The molecule has 0 radical (unpaired) electrons. The molecule has 0 saturated carbocycles. The van der Waals surface area contributed by atoms with E-state index in [-0.39, 0.29) is 63.8 Å². The van der Waals surface area contributed by atoms with Crippen LogP contribution in [0, 0.1) is 24.3 Å². The Balaban J connectivity index is 0.000000181. The summed E-state index contributed by atoms with van der Waals surface area (Å²) >= 11 is 0. The first kappa shape index (κ1) is 98.4. The molecule has 23 rings (SSSR count). The van der Waals surface area contributed by atoms with Crippen LogP contribution < -0.4 is 0 Å². The molecule has 0 spiro atoms. The van der Waals surface area contributed by atoms with Gasteiger partial charge in [-0.1, -0.05) is 347 Å². The van der Waals surface area contributed by atoms with Gasteiger partial charge < -0.3 is 18.3 Å². The predicted octanol–water partition coefficient (Wildman–Crippen LogP) is 34.4. The summed E-state index contributed by atoms with van der Waals surface area (Å²) in [4.78, 5) is 11.0. The van der Waals surface area contributed by atoms with E-state index in [4.69, 9.17) is 20.2 Å². The average Bonchev–Trinajstić information content (AvgIpc) is 1.22. The first-order valence-electron chi connectivity index (χ1n) is 51.5. The maximum Gasteiger partial charge on any atom is 2.00 e. The molecule has 0 bridgehead atoms. The summed E-state index contributed by atoms with van der Waals surface area (Å²) in [5.74, 6) is 4.74. The molecule has 1 aliphatic rings. The Morgan fingerprint density at radius 1 is 0.299 bits per heavy atom. The van der Waals surface area contributed by atoms with Gasteiger partial charge in [0.1, 0.15) is 0 Å². The molecule has 0 amide bonds. The van der Waals surface area contributed by atoms with Gasteiger partial charge in [0.15, 0.2) is 0 Å². The standard InChI is InChI=1S/C76H78N6.C54H52N6.2Pt/c1-43(2)52-34-58(45(5)6)71(59(35-52)46(7)8)50-26-32-64-69(38-50)81-70-39-51(72-60(47(9)10)36-53(44(3)4)37-61(72)48(11)12)27-33-66(70)80(74(81)78-64)55-28-30-57-56-24-20-21-25-65(56)79(67(57)40-55)54-29-31-63-68(41-54)82-73(76(15,16)75(63,13)14)62(42-77-82)49-22-18-17-19-23-49;1-33(2)41-18-14-19-42(34(3)4)51(41)35-31-55-57(32-35)38-15-13-16-39(29-38)58-46-20-12-11-17-43(46)44-24-23-40(30-48(44)58)59-47-26-22-37(54(8,9)10)28-50(47)60-49-27-36(53(5,6)7)21-25-45(49)56-52(59)60;;/h17-39,42-48H,1-16H3;11-28,31-34H,1-10H3;;/q2*-2;2*+2. The smallest absolute Gasteiger partial charge is 0.358 e. The summed E-state index contributed by atoms with van der Waals surface area (Å²) in [7, 11) is 0. The SMILES string of the molecule is CC(C)c1cc(C(C)C)c(-c2ccc3nc4n(-c5[c-]c6c(cc5)c5ccccc5n6-c5[c-]c6c(cc5)C(C)(C)C(C)(C)c5c(-c7ccccc7)cnn5-6)c5ccc(-c6c(C(C)C)cc(C(C)C)cc6C(C)C)cc5n4c3c2)c(C(C)C)c1.CC(C)c1cccc(C(C)C)c1-c1cnn(-c2[c-]c(-n3c4[c-]c(-n5c6ccc(C(C)(C)C)cc6n6c7cc(C(C)(C)C)ccc7nc56)ccc4c4ccccc43)ccc2)c1.[Pt+2].[Pt+2]. The zero-order valence-electron chi connectivity index (χ0n) is 88.0. The largest absolute Gasteiger partial charge is 2.00 e. The fourth-order valence-corrected chi connectivity index (χ4v) is 22.8. The molecule has 1 aliphatic heterocycles. The van der Waals surface area contributed by atoms with Crippen LogP contribution in [0.1, 0.15) is 294 Å². The molecule has 0 unspecified atom stereocenters. The van der Waals surface area contributed by atoms with Gasteiger partial charge >= 0.3 is 42.1 Å². The summed E-state index contributed by atoms with van der Waals surface area (Å²) in [6, 6.07) is 108. The number of rotatable bonds is 17. The third kappa shape index (κ3) is 16.0. The number of fused-ring (bicyclic) bond motifs is 19. The van der Waals surface area contributed by atoms with Gasteiger partial charge in [0.05, 0.1) is 62.2 Å². The van der Waals surface area contributed by atoms with Crippen molar-refractivity contribution in [3.8, 4) is 78.6 Å². The first-order valence-corrected chi connectivity index (χ1v) is 51.5. The van der Waals surface area contributed by atoms with Crippen LogP contribution in [0.15, 0.2) is 267 Å². The Hall–Kier alpha value is -13.0. The van der Waals surface area contributed by atoms with Crippen LogP contribution in [0.4, 0.5) is 0 Å². The number of nitrogens with zero attached hydrogens (tertiary/aromatic N) is 12. The third-order valence-corrected chi connectivity index (χ3v) is 31.3. The number of hydrogen-bond acceptors (Lipinski definition) is 4. The Morgan fingerprint density at radius 2 is 0.715 bits per heavy atom. The van der Waals surface area contributed by atoms with Gasteiger partial charge in [-0.3, -0.25) is 18.2 Å². The summed E-state index contributed by atoms with van der Waals surface area (Å²) < 4.78 is 18.2. The molecule has 0 aliphatic carbocycles. The molecule has 0 saturated heterocycles. The molecule has 14 heteroatoms. The van der Waals surface area contributed by atoms with Crippen LogP contribution in [0.25, 0.3) is 178 Å². The molecule has 9 heterocycles. The van der Waals surface area contributed by atoms with Crippen molar-refractivity contribution in [2.75, 3.05) is 0 Å². The number of imidazole rings is 4. The Labute approximate surface area is 877 Å². The maximum absolute atomic E-state index is 5.65. The van der Waals surface area contributed by atoms with E-state index in [2.05, 4.69) is 491 Å². The van der Waals surface area contributed by atoms with Gasteiger partial charge in [-0.05, 0) is 235 Å². The van der Waals surface area contributed by atoms with Crippen molar-refractivity contribution < 1.29 is 42.1 Å². The second-order valence-corrected chi connectivity index (χ2v) is 45.7. The van der Waals surface area contributed by atoms with Crippen molar-refractivity contribution in [1.82, 2.24) is 56.6 Å². The molecule has 730 valence electrons. The third-order valence-electron chi connectivity index (χ3n) is 31.3. The number of para-hydroxylation sites is 2. The van der Waals surface area contributed by atoms with Gasteiger partial charge in [0, 0.05) is 33.8 Å². The Kier molecular flexibility index (Phi) is 25.0. The molecule has 0 N–H and O–H groups in total. The van der Waals surface area contributed by atoms with E-state index in [0.717, 1.165) is 134 Å². The maximum atomic E-state index is 5.65. The van der Waals surface area contributed by atoms with Crippen molar-refractivity contribution in [3.05, 3.63) is 358 Å². The van der Waals surface area contributed by atoms with Crippen LogP contribution in [0.5, 0.6) is 0 Å². The van der Waals surface area contributed by atoms with E-state index in [0.29, 0.717) is 47.3 Å². The van der Waals surface area contributed by atoms with Gasteiger partial charge in [0.25, 0.3) is 0 Å². The van der Waals surface area contributed by atoms with Crippen molar-refractivity contribution in [2.24, 2.45) is 0 Å². The van der Waals surface area contributed by atoms with E-state index in [1.165, 1.54) is 111 Å². The predicted molar refractivity (Wildman–Crippen MR) is 595 cm³/mol. The topological polar surface area (TPSA) is 90.0 Å². The van der Waals surface area contributed by atoms with Gasteiger partial charge in [-0.15, -0.1) is 70.9 Å². The number of benzene rings is 14. The van der Waals surface area contributed by atoms with Crippen molar-refractivity contribution >= 4 is 99.3 Å². The second-order valence-electron chi connectivity index (χ2n) is 45.7. The van der Waals surface area contributed by atoms with E-state index in [1.807, 2.05) is 17.1 Å². The summed E-state index contributed by atoms with van der Waals surface area (Å²) in [5, 5.41) is 14.7. The average molecular weight is 2250 g/mol. The molecular weight excluding hydrogens is 2120 g/mol. The van der Waals surface area contributed by atoms with E-state index < -0.39 is 0 Å². The van der Waals surface area contributed by atoms with E-state index in [9.17, 15) is 0 Å². The Morgan fingerprint density at radius 3 is 1.22 bits per heavy atom. The van der Waals surface area contributed by atoms with E-state index in [1.54, 1.807) is 0 Å². The van der Waals surface area contributed by atoms with Crippen LogP contribution in [-0.2, 0) is 63.8 Å². The van der Waals surface area contributed by atoms with Gasteiger partial charge in [-0.2, -0.15) is 34.5 Å². The zero-order chi connectivity index (χ0) is 99.4. The monoisotopic (exact) mass is 2250 g/mol. The number of hydrogen-bond donors (Lipinski definition) is 0. The van der Waals surface area contributed by atoms with Crippen LogP contribution in [-0.4, -0.2) is 56.6 Å². The molecule has 14 aromatic carbocycles. The molecule has 22 aromatic rings. The van der Waals surface area contributed by atoms with Crippen molar-refractivity contribution in [2.45, 2.75) is 249 Å². The zero-order valence-corrected chi connectivity index (χ0v) is 92.6. The van der Waals surface area contributed by atoms with Crippen LogP contribution in [0.2, 0.25) is 0 Å². The quantitative estimate of drug-likeness (QED) is 0.0850. The summed E-state index contributed by atoms with van der Waals surface area (Å²) in [6.07, 6.45) is 6.21. The fourth-order valence-electron chi connectivity index (χ4n) is 22.8. The Bertz CT molecular complexity index is 8750. The molecule has 144 heavy (non-hydrogen) atoms. The minimum absolute atomic E-state index is 0. The minimum Gasteiger partial charge on any atom is -0.358 e. The van der Waals surface area contributed by atoms with Gasteiger partial charge in [0.2, 0.25) is 11.6 Å². The second kappa shape index (κ2) is 36.6. The van der Waals surface area contributed by atoms with Crippen molar-refractivity contribution in [1.29, 1.82) is 0 Å². The summed E-state index contributed by atoms with van der Waals surface area (Å²) in [6.45, 7) is 60.2. The van der Waals surface area contributed by atoms with E-state index >= 15 is 0 Å². The minimum atomic E-state index is -0.240. The molecule has 8 aromatic heterocycles. The first-order chi connectivity index (χ1) is 67.8. The fraction of sp³-hybridized carbons (Fsp3) is 0.292. The molecule has 0 fully saturated rings. The van der Waals surface area contributed by atoms with Crippen LogP contribution in [0.3, 0.4) is 0 Å². The summed E-state index contributed by atoms with van der Waals surface area (Å²) in [5.41, 5.74) is 43.8. The van der Waals surface area contributed by atoms with Gasteiger partial charge in [-0.25, -0.2) is 9.97 Å². The molecular formula is C130H130N12Pt2. The normalized spacial score (nSPS) is 13.4. The number of aromatic nitrogens is 12.